The van der Waals surface area contributed by atoms with Crippen LogP contribution < -0.4 is 16.0 Å². The molecule has 0 aliphatic rings. The van der Waals surface area contributed by atoms with Crippen LogP contribution in [0, 0.1) is 5.41 Å². The molecule has 8 nitrogen and oxygen atoms in total. The minimum Gasteiger partial charge on any atom is -0.481 e. The Morgan fingerprint density at radius 1 is 1.11 bits per heavy atom. The van der Waals surface area contributed by atoms with Crippen molar-refractivity contribution in [3.63, 3.8) is 0 Å². The predicted molar refractivity (Wildman–Crippen MR) is 66.3 cm³/mol. The predicted octanol–water partition coefficient (Wildman–Crippen LogP) is -0.551. The average molecular weight is 273 g/mol. The Morgan fingerprint density at radius 3 is 2.16 bits per heavy atom. The Kier molecular flexibility index (Phi) is 6.53. The molecule has 0 atom stereocenters. The number of urea groups is 1. The van der Waals surface area contributed by atoms with Crippen LogP contribution in [0.3, 0.4) is 0 Å². The number of nitrogens with one attached hydrogen (secondary N) is 3. The average Bonchev–Trinajstić information content (AvgIpc) is 2.27. The molecule has 4 amide bonds. The van der Waals surface area contributed by atoms with Gasteiger partial charge in [0.05, 0.1) is 5.41 Å². The van der Waals surface area contributed by atoms with E-state index in [1.54, 1.807) is 0 Å². The minimum absolute atomic E-state index is 0.0844. The fourth-order valence-corrected chi connectivity index (χ4v) is 1.11. The molecular formula is C11H19N3O5. The second kappa shape index (κ2) is 7.34. The zero-order valence-electron chi connectivity index (χ0n) is 11.2. The fourth-order valence-electron chi connectivity index (χ4n) is 1.11. The van der Waals surface area contributed by atoms with Gasteiger partial charge >= 0.3 is 12.0 Å². The van der Waals surface area contributed by atoms with Crippen LogP contribution in [0.1, 0.15) is 26.7 Å². The van der Waals surface area contributed by atoms with Gasteiger partial charge in [-0.1, -0.05) is 0 Å². The van der Waals surface area contributed by atoms with Crippen LogP contribution in [-0.2, 0) is 14.4 Å². The molecule has 0 spiro atoms. The highest BCUT2D eigenvalue weighted by molar-refractivity contribution is 5.96. The van der Waals surface area contributed by atoms with Crippen LogP contribution in [-0.4, -0.2) is 42.5 Å². The van der Waals surface area contributed by atoms with Gasteiger partial charge in [0.25, 0.3) is 0 Å². The summed E-state index contributed by atoms with van der Waals surface area (Å²) in [5.74, 6) is -2.05. The highest BCUT2D eigenvalue weighted by Gasteiger charge is 2.30. The normalized spacial score (nSPS) is 10.5. The van der Waals surface area contributed by atoms with Gasteiger partial charge in [0.15, 0.2) is 0 Å². The van der Waals surface area contributed by atoms with E-state index in [0.29, 0.717) is 0 Å². The molecule has 8 heteroatoms. The quantitative estimate of drug-likeness (QED) is 0.517. The summed E-state index contributed by atoms with van der Waals surface area (Å²) >= 11 is 0. The summed E-state index contributed by atoms with van der Waals surface area (Å²) in [6.45, 7) is 2.86. The number of aliphatic carboxylic acids is 1. The maximum absolute atomic E-state index is 11.4. The Morgan fingerprint density at radius 2 is 1.68 bits per heavy atom. The molecule has 0 saturated carbocycles. The van der Waals surface area contributed by atoms with Crippen molar-refractivity contribution in [1.82, 2.24) is 16.0 Å². The maximum atomic E-state index is 11.4. The van der Waals surface area contributed by atoms with Crippen molar-refractivity contribution < 1.29 is 24.3 Å². The number of carbonyl (C=O) groups excluding carboxylic acids is 3. The van der Waals surface area contributed by atoms with Crippen molar-refractivity contribution in [3.8, 4) is 0 Å². The molecule has 19 heavy (non-hydrogen) atoms. The molecule has 0 rings (SSSR count). The van der Waals surface area contributed by atoms with Crippen LogP contribution in [0.15, 0.2) is 0 Å². The number of hydrogen-bond acceptors (Lipinski definition) is 4. The molecule has 0 fully saturated rings. The number of rotatable bonds is 6. The van der Waals surface area contributed by atoms with Crippen molar-refractivity contribution in [2.75, 3.05) is 13.6 Å². The van der Waals surface area contributed by atoms with Gasteiger partial charge in [-0.05, 0) is 13.8 Å². The van der Waals surface area contributed by atoms with Crippen LogP contribution in [0.2, 0.25) is 0 Å². The van der Waals surface area contributed by atoms with Gasteiger partial charge in [-0.15, -0.1) is 0 Å². The molecule has 0 aromatic carbocycles. The standard InChI is InChI=1S/C11H19N3O5/c1-11(2,9(17)18)6-8(16)14-10(19)13-5-4-7(15)12-3/h4-6H2,1-3H3,(H,12,15)(H,17,18)(H2,13,14,16,19). The van der Waals surface area contributed by atoms with Gasteiger partial charge in [0, 0.05) is 26.4 Å². The van der Waals surface area contributed by atoms with E-state index in [1.165, 1.54) is 20.9 Å². The molecule has 0 aromatic rings. The van der Waals surface area contributed by atoms with Gasteiger partial charge in [0.1, 0.15) is 0 Å². The highest BCUT2D eigenvalue weighted by atomic mass is 16.4. The number of hydrogen-bond donors (Lipinski definition) is 4. The largest absolute Gasteiger partial charge is 0.481 e. The maximum Gasteiger partial charge on any atom is 0.321 e. The zero-order chi connectivity index (χ0) is 15.1. The lowest BCUT2D eigenvalue weighted by Crippen LogP contribution is -2.43. The summed E-state index contributed by atoms with van der Waals surface area (Å²) < 4.78 is 0. The number of carbonyl (C=O) groups is 4. The lowest BCUT2D eigenvalue weighted by atomic mass is 9.89. The second-order valence-electron chi connectivity index (χ2n) is 4.59. The second-order valence-corrected chi connectivity index (χ2v) is 4.59. The molecule has 0 saturated heterocycles. The fraction of sp³-hybridized carbons (Fsp3) is 0.636. The molecule has 0 unspecified atom stereocenters. The molecule has 0 bridgehead atoms. The third-order valence-electron chi connectivity index (χ3n) is 2.35. The Labute approximate surface area is 110 Å². The molecule has 0 aromatic heterocycles. The highest BCUT2D eigenvalue weighted by Crippen LogP contribution is 2.19. The van der Waals surface area contributed by atoms with Gasteiger partial charge in [-0.2, -0.15) is 0 Å². The monoisotopic (exact) mass is 273 g/mol. The van der Waals surface area contributed by atoms with E-state index in [4.69, 9.17) is 5.11 Å². The molecule has 108 valence electrons. The summed E-state index contributed by atoms with van der Waals surface area (Å²) in [5.41, 5.74) is -1.24. The number of carboxylic acid groups (broad SMARTS) is 1. The first-order valence-corrected chi connectivity index (χ1v) is 5.70. The SMILES string of the molecule is CNC(=O)CCNC(=O)NC(=O)CC(C)(C)C(=O)O. The first kappa shape index (κ1) is 16.9. The number of imide groups is 1. The van der Waals surface area contributed by atoms with Gasteiger partial charge < -0.3 is 15.7 Å². The number of carboxylic acids is 1. The summed E-state index contributed by atoms with van der Waals surface area (Å²) in [5, 5.41) is 15.5. The lowest BCUT2D eigenvalue weighted by molar-refractivity contribution is -0.149. The summed E-state index contributed by atoms with van der Waals surface area (Å²) in [6.07, 6.45) is -0.218. The van der Waals surface area contributed by atoms with Crippen molar-refractivity contribution >= 4 is 23.8 Å². The topological polar surface area (TPSA) is 125 Å². The first-order valence-electron chi connectivity index (χ1n) is 5.70. The van der Waals surface area contributed by atoms with Gasteiger partial charge in [-0.3, -0.25) is 19.7 Å². The van der Waals surface area contributed by atoms with Crippen molar-refractivity contribution in [3.05, 3.63) is 0 Å². The first-order chi connectivity index (χ1) is 8.69. The smallest absolute Gasteiger partial charge is 0.321 e. The molecule has 0 aliphatic carbocycles. The van der Waals surface area contributed by atoms with Gasteiger partial charge in [0.2, 0.25) is 11.8 Å². The summed E-state index contributed by atoms with van der Waals surface area (Å²) in [7, 11) is 1.47. The lowest BCUT2D eigenvalue weighted by Gasteiger charge is -2.17. The van der Waals surface area contributed by atoms with E-state index < -0.39 is 23.3 Å². The summed E-state index contributed by atoms with van der Waals surface area (Å²) in [4.78, 5) is 44.3. The van der Waals surface area contributed by atoms with Crippen LogP contribution in [0.5, 0.6) is 0 Å². The van der Waals surface area contributed by atoms with E-state index in [-0.39, 0.29) is 25.3 Å². The third-order valence-corrected chi connectivity index (χ3v) is 2.35. The van der Waals surface area contributed by atoms with Crippen molar-refractivity contribution in [2.45, 2.75) is 26.7 Å². The Bertz CT molecular complexity index is 379. The van der Waals surface area contributed by atoms with Crippen LogP contribution >= 0.6 is 0 Å². The van der Waals surface area contributed by atoms with Crippen molar-refractivity contribution in [2.24, 2.45) is 5.41 Å². The number of amides is 4. The molecule has 4 N–H and O–H groups in total. The van der Waals surface area contributed by atoms with E-state index in [0.717, 1.165) is 0 Å². The zero-order valence-corrected chi connectivity index (χ0v) is 11.2. The Hall–Kier alpha value is -2.12. The molecule has 0 radical (unpaired) electrons. The van der Waals surface area contributed by atoms with E-state index in [2.05, 4.69) is 10.6 Å². The van der Waals surface area contributed by atoms with E-state index in [9.17, 15) is 19.2 Å². The Balaban J connectivity index is 4.04. The molecular weight excluding hydrogens is 254 g/mol. The van der Waals surface area contributed by atoms with E-state index in [1.807, 2.05) is 5.32 Å². The van der Waals surface area contributed by atoms with E-state index >= 15 is 0 Å². The van der Waals surface area contributed by atoms with Crippen LogP contribution in [0.4, 0.5) is 4.79 Å². The minimum atomic E-state index is -1.24. The molecule has 0 heterocycles. The van der Waals surface area contributed by atoms with Crippen molar-refractivity contribution in [1.29, 1.82) is 0 Å². The molecule has 0 aliphatic heterocycles. The third kappa shape index (κ3) is 7.02. The van der Waals surface area contributed by atoms with Crippen LogP contribution in [0.25, 0.3) is 0 Å². The van der Waals surface area contributed by atoms with Gasteiger partial charge in [-0.25, -0.2) is 4.79 Å². The summed E-state index contributed by atoms with van der Waals surface area (Å²) in [6, 6.07) is -0.755.